The molecule has 28 heavy (non-hydrogen) atoms. The molecule has 0 unspecified atom stereocenters. The Labute approximate surface area is 174 Å². The van der Waals surface area contributed by atoms with E-state index in [0.717, 1.165) is 34.6 Å². The molecule has 142 valence electrons. The Hall–Kier alpha value is -2.49. The third kappa shape index (κ3) is 4.01. The Balaban J connectivity index is 1.64. The second-order valence-electron chi connectivity index (χ2n) is 6.62. The summed E-state index contributed by atoms with van der Waals surface area (Å²) in [6.45, 7) is 3.12. The molecule has 0 aliphatic heterocycles. The smallest absolute Gasteiger partial charge is 0.148 e. The highest BCUT2D eigenvalue weighted by molar-refractivity contribution is 6.35. The van der Waals surface area contributed by atoms with Crippen LogP contribution in [0.15, 0.2) is 66.7 Å². The van der Waals surface area contributed by atoms with E-state index in [0.29, 0.717) is 23.2 Å². The molecule has 0 radical (unpaired) electrons. The maximum absolute atomic E-state index is 6.40. The lowest BCUT2D eigenvalue weighted by Crippen LogP contribution is -2.08. The molecule has 0 saturated heterocycles. The van der Waals surface area contributed by atoms with Gasteiger partial charge < -0.3 is 9.30 Å². The fourth-order valence-corrected chi connectivity index (χ4v) is 3.67. The number of ether oxygens (including phenoxy) is 1. The van der Waals surface area contributed by atoms with Gasteiger partial charge in [-0.2, -0.15) is 0 Å². The SMILES string of the molecule is CCc1ccc(OCc2nc3ccccc3n2Cc2ccc(Cl)cc2Cl)cc1. The van der Waals surface area contributed by atoms with E-state index in [1.807, 2.05) is 42.5 Å². The summed E-state index contributed by atoms with van der Waals surface area (Å²) in [6, 6.07) is 21.8. The molecule has 0 aliphatic rings. The summed E-state index contributed by atoms with van der Waals surface area (Å²) in [5, 5.41) is 1.27. The summed E-state index contributed by atoms with van der Waals surface area (Å²) >= 11 is 12.4. The number of fused-ring (bicyclic) bond motifs is 1. The number of hydrogen-bond acceptors (Lipinski definition) is 2. The van der Waals surface area contributed by atoms with E-state index in [1.54, 1.807) is 6.07 Å². The number of para-hydroxylation sites is 2. The summed E-state index contributed by atoms with van der Waals surface area (Å²) in [7, 11) is 0. The molecule has 0 aliphatic carbocycles. The number of hydrogen-bond donors (Lipinski definition) is 0. The Morgan fingerprint density at radius 1 is 0.964 bits per heavy atom. The minimum Gasteiger partial charge on any atom is -0.486 e. The predicted molar refractivity (Wildman–Crippen MR) is 115 cm³/mol. The molecular formula is C23H20Cl2N2O. The van der Waals surface area contributed by atoms with Crippen LogP contribution in [0, 0.1) is 0 Å². The van der Waals surface area contributed by atoms with E-state index in [-0.39, 0.29) is 0 Å². The molecule has 0 saturated carbocycles. The normalized spacial score (nSPS) is 11.1. The molecule has 1 aromatic heterocycles. The molecule has 5 heteroatoms. The van der Waals surface area contributed by atoms with Crippen molar-refractivity contribution in [2.24, 2.45) is 0 Å². The first kappa shape index (κ1) is 18.9. The van der Waals surface area contributed by atoms with Gasteiger partial charge in [0.15, 0.2) is 0 Å². The standard InChI is InChI=1S/C23H20Cl2N2O/c1-2-16-7-11-19(12-8-16)28-15-23-26-21-5-3-4-6-22(21)27(23)14-17-9-10-18(24)13-20(17)25/h3-13H,2,14-15H2,1H3. The number of halogens is 2. The van der Waals surface area contributed by atoms with Gasteiger partial charge in [0.25, 0.3) is 0 Å². The van der Waals surface area contributed by atoms with Gasteiger partial charge in [0.2, 0.25) is 0 Å². The first-order chi connectivity index (χ1) is 13.6. The highest BCUT2D eigenvalue weighted by atomic mass is 35.5. The third-order valence-corrected chi connectivity index (χ3v) is 5.36. The van der Waals surface area contributed by atoms with E-state index in [9.17, 15) is 0 Å². The number of rotatable bonds is 6. The minimum absolute atomic E-state index is 0.380. The fourth-order valence-electron chi connectivity index (χ4n) is 3.20. The molecule has 4 aromatic rings. The van der Waals surface area contributed by atoms with E-state index < -0.39 is 0 Å². The highest BCUT2D eigenvalue weighted by Crippen LogP contribution is 2.25. The fraction of sp³-hybridized carbons (Fsp3) is 0.174. The van der Waals surface area contributed by atoms with Crippen molar-refractivity contribution in [2.75, 3.05) is 0 Å². The summed E-state index contributed by atoms with van der Waals surface area (Å²) in [5.41, 5.74) is 4.26. The lowest BCUT2D eigenvalue weighted by molar-refractivity contribution is 0.291. The molecule has 1 heterocycles. The number of imidazole rings is 1. The first-order valence-corrected chi connectivity index (χ1v) is 9.99. The van der Waals surface area contributed by atoms with Crippen molar-refractivity contribution in [3.63, 3.8) is 0 Å². The van der Waals surface area contributed by atoms with E-state index in [2.05, 4.69) is 29.7 Å². The van der Waals surface area contributed by atoms with Crippen LogP contribution in [0.2, 0.25) is 10.0 Å². The first-order valence-electron chi connectivity index (χ1n) is 9.24. The zero-order valence-electron chi connectivity index (χ0n) is 15.5. The Morgan fingerprint density at radius 2 is 1.75 bits per heavy atom. The number of aryl methyl sites for hydroxylation is 1. The van der Waals surface area contributed by atoms with Gasteiger partial charge in [-0.15, -0.1) is 0 Å². The highest BCUT2D eigenvalue weighted by Gasteiger charge is 2.13. The van der Waals surface area contributed by atoms with Gasteiger partial charge in [0.1, 0.15) is 18.2 Å². The zero-order valence-corrected chi connectivity index (χ0v) is 17.0. The second-order valence-corrected chi connectivity index (χ2v) is 7.47. The van der Waals surface area contributed by atoms with Gasteiger partial charge in [-0.25, -0.2) is 4.98 Å². The molecule has 3 aromatic carbocycles. The monoisotopic (exact) mass is 410 g/mol. The number of nitrogens with zero attached hydrogens (tertiary/aromatic N) is 2. The van der Waals surface area contributed by atoms with Crippen LogP contribution in [0.3, 0.4) is 0 Å². The molecule has 0 bridgehead atoms. The van der Waals surface area contributed by atoms with Crippen LogP contribution in [0.4, 0.5) is 0 Å². The quantitative estimate of drug-likeness (QED) is 0.361. The second kappa shape index (κ2) is 8.26. The maximum Gasteiger partial charge on any atom is 0.148 e. The Morgan fingerprint density at radius 3 is 2.50 bits per heavy atom. The maximum atomic E-state index is 6.40. The lowest BCUT2D eigenvalue weighted by atomic mass is 10.2. The number of aromatic nitrogens is 2. The molecule has 0 atom stereocenters. The largest absolute Gasteiger partial charge is 0.486 e. The van der Waals surface area contributed by atoms with Crippen molar-refractivity contribution in [3.05, 3.63) is 93.7 Å². The summed E-state index contributed by atoms with van der Waals surface area (Å²) in [5.74, 6) is 1.69. The third-order valence-electron chi connectivity index (χ3n) is 4.78. The van der Waals surface area contributed by atoms with Gasteiger partial charge in [0, 0.05) is 10.0 Å². The molecule has 3 nitrogen and oxygen atoms in total. The van der Waals surface area contributed by atoms with E-state index in [1.165, 1.54) is 5.56 Å². The summed E-state index contributed by atoms with van der Waals surface area (Å²) < 4.78 is 8.16. The Kier molecular flexibility index (Phi) is 5.56. The molecular weight excluding hydrogens is 391 g/mol. The van der Waals surface area contributed by atoms with Crippen LogP contribution in [-0.4, -0.2) is 9.55 Å². The Bertz CT molecular complexity index is 1100. The van der Waals surface area contributed by atoms with Gasteiger partial charge in [0.05, 0.1) is 17.6 Å². The lowest BCUT2D eigenvalue weighted by Gasteiger charge is -2.12. The van der Waals surface area contributed by atoms with Gasteiger partial charge in [-0.1, -0.05) is 60.5 Å². The number of benzene rings is 3. The molecule has 0 amide bonds. The van der Waals surface area contributed by atoms with Crippen molar-refractivity contribution in [3.8, 4) is 5.75 Å². The summed E-state index contributed by atoms with van der Waals surface area (Å²) in [6.07, 6.45) is 1.01. The van der Waals surface area contributed by atoms with E-state index >= 15 is 0 Å². The predicted octanol–water partition coefficient (Wildman–Crippen LogP) is 6.53. The average Bonchev–Trinajstić information content (AvgIpc) is 3.06. The molecule has 0 spiro atoms. The van der Waals surface area contributed by atoms with Crippen molar-refractivity contribution in [1.82, 2.24) is 9.55 Å². The van der Waals surface area contributed by atoms with Crippen molar-refractivity contribution >= 4 is 34.2 Å². The van der Waals surface area contributed by atoms with Crippen LogP contribution in [-0.2, 0) is 19.6 Å². The van der Waals surface area contributed by atoms with Crippen molar-refractivity contribution < 1.29 is 4.74 Å². The van der Waals surface area contributed by atoms with Crippen LogP contribution in [0.1, 0.15) is 23.9 Å². The van der Waals surface area contributed by atoms with Crippen LogP contribution in [0.5, 0.6) is 5.75 Å². The van der Waals surface area contributed by atoms with Crippen molar-refractivity contribution in [1.29, 1.82) is 0 Å². The minimum atomic E-state index is 0.380. The van der Waals surface area contributed by atoms with Gasteiger partial charge in [-0.05, 0) is 53.9 Å². The average molecular weight is 411 g/mol. The van der Waals surface area contributed by atoms with Crippen LogP contribution >= 0.6 is 23.2 Å². The van der Waals surface area contributed by atoms with Crippen LogP contribution < -0.4 is 4.74 Å². The topological polar surface area (TPSA) is 27.1 Å². The van der Waals surface area contributed by atoms with Crippen LogP contribution in [0.25, 0.3) is 11.0 Å². The molecule has 0 N–H and O–H groups in total. The van der Waals surface area contributed by atoms with Gasteiger partial charge in [-0.3, -0.25) is 0 Å². The zero-order chi connectivity index (χ0) is 19.5. The molecule has 0 fully saturated rings. The van der Waals surface area contributed by atoms with Crippen molar-refractivity contribution in [2.45, 2.75) is 26.5 Å². The van der Waals surface area contributed by atoms with E-state index in [4.69, 9.17) is 32.9 Å². The van der Waals surface area contributed by atoms with Gasteiger partial charge >= 0.3 is 0 Å². The molecule has 4 rings (SSSR count). The summed E-state index contributed by atoms with van der Waals surface area (Å²) in [4.78, 5) is 4.77.